The molecule has 1 fully saturated rings. The number of hydrogen-bond donors (Lipinski definition) is 2. The number of halogens is 2. The Morgan fingerprint density at radius 3 is 2.42 bits per heavy atom. The van der Waals surface area contributed by atoms with Crippen molar-refractivity contribution in [2.24, 2.45) is 0 Å². The fourth-order valence-corrected chi connectivity index (χ4v) is 3.80. The summed E-state index contributed by atoms with van der Waals surface area (Å²) in [7, 11) is 0. The lowest BCUT2D eigenvalue weighted by Crippen LogP contribution is -2.36. The Kier molecular flexibility index (Phi) is 6.33. The molecule has 0 spiro atoms. The molecule has 1 saturated carbocycles. The highest BCUT2D eigenvalue weighted by atomic mass is 79.9. The third-order valence-electron chi connectivity index (χ3n) is 4.53. The zero-order valence-electron chi connectivity index (χ0n) is 14.2. The van der Waals surface area contributed by atoms with Crippen LogP contribution >= 0.6 is 27.5 Å². The highest BCUT2D eigenvalue weighted by Crippen LogP contribution is 2.24. The molecule has 2 aromatic carbocycles. The fourth-order valence-electron chi connectivity index (χ4n) is 3.13. The molecule has 0 aliphatic heterocycles. The van der Waals surface area contributed by atoms with E-state index in [4.69, 9.17) is 11.6 Å². The van der Waals surface area contributed by atoms with Crippen LogP contribution in [-0.4, -0.2) is 17.9 Å². The minimum atomic E-state index is -0.251. The maximum absolute atomic E-state index is 12.6. The molecule has 2 N–H and O–H groups in total. The van der Waals surface area contributed by atoms with Crippen LogP contribution < -0.4 is 10.6 Å². The second-order valence-corrected chi connectivity index (χ2v) is 7.70. The maximum Gasteiger partial charge on any atom is 0.256 e. The molecule has 0 aromatic heterocycles. The zero-order valence-corrected chi connectivity index (χ0v) is 16.6. The summed E-state index contributed by atoms with van der Waals surface area (Å²) in [6.45, 7) is 0. The predicted molar refractivity (Wildman–Crippen MR) is 108 cm³/mol. The van der Waals surface area contributed by atoms with Gasteiger partial charge in [-0.2, -0.15) is 0 Å². The summed E-state index contributed by atoms with van der Waals surface area (Å²) in [5.41, 5.74) is 1.43. The van der Waals surface area contributed by atoms with Gasteiger partial charge in [0.15, 0.2) is 0 Å². The molecular weight excluding hydrogens is 416 g/mol. The van der Waals surface area contributed by atoms with E-state index in [2.05, 4.69) is 26.6 Å². The Morgan fingerprint density at radius 2 is 1.69 bits per heavy atom. The lowest BCUT2D eigenvalue weighted by atomic mass is 9.95. The summed E-state index contributed by atoms with van der Waals surface area (Å²) in [4.78, 5) is 25.0. The van der Waals surface area contributed by atoms with Crippen molar-refractivity contribution in [3.05, 3.63) is 63.1 Å². The predicted octanol–water partition coefficient (Wildman–Crippen LogP) is 5.42. The second-order valence-electron chi connectivity index (χ2n) is 6.44. The van der Waals surface area contributed by atoms with Crippen molar-refractivity contribution in [1.82, 2.24) is 5.32 Å². The Morgan fingerprint density at radius 1 is 0.962 bits per heavy atom. The van der Waals surface area contributed by atoms with Crippen LogP contribution in [0.2, 0.25) is 5.02 Å². The van der Waals surface area contributed by atoms with Crippen molar-refractivity contribution < 1.29 is 9.59 Å². The number of nitrogens with one attached hydrogen (secondary N) is 2. The van der Waals surface area contributed by atoms with Crippen molar-refractivity contribution in [2.75, 3.05) is 5.32 Å². The molecule has 6 heteroatoms. The van der Waals surface area contributed by atoms with E-state index in [-0.39, 0.29) is 17.9 Å². The summed E-state index contributed by atoms with van der Waals surface area (Å²) in [5.74, 6) is -0.447. The quantitative estimate of drug-likeness (QED) is 0.674. The van der Waals surface area contributed by atoms with Crippen molar-refractivity contribution in [3.8, 4) is 0 Å². The van der Waals surface area contributed by atoms with Gasteiger partial charge in [-0.3, -0.25) is 9.59 Å². The number of rotatable bonds is 4. The Labute approximate surface area is 166 Å². The van der Waals surface area contributed by atoms with Crippen LogP contribution in [0.1, 0.15) is 52.8 Å². The van der Waals surface area contributed by atoms with Crippen molar-refractivity contribution in [3.63, 3.8) is 0 Å². The van der Waals surface area contributed by atoms with E-state index in [0.717, 1.165) is 25.7 Å². The molecule has 136 valence electrons. The van der Waals surface area contributed by atoms with Gasteiger partial charge in [0.05, 0.1) is 16.1 Å². The molecule has 0 saturated heterocycles. The summed E-state index contributed by atoms with van der Waals surface area (Å²) in [6.07, 6.45) is 5.51. The number of carbonyl (C=O) groups excluding carboxylic acids is 2. The first-order valence-electron chi connectivity index (χ1n) is 8.71. The second kappa shape index (κ2) is 8.69. The SMILES string of the molecule is O=C(NC1CCCCC1)c1cc(NC(=O)c2ccccc2Br)ccc1Cl. The number of amides is 2. The molecule has 0 bridgehead atoms. The smallest absolute Gasteiger partial charge is 0.256 e. The highest BCUT2D eigenvalue weighted by Gasteiger charge is 2.19. The molecule has 0 radical (unpaired) electrons. The number of carbonyl (C=O) groups is 2. The van der Waals surface area contributed by atoms with Crippen LogP contribution in [-0.2, 0) is 0 Å². The summed E-state index contributed by atoms with van der Waals surface area (Å²) < 4.78 is 0.710. The Hall–Kier alpha value is -1.85. The average Bonchev–Trinajstić information content (AvgIpc) is 2.64. The summed E-state index contributed by atoms with van der Waals surface area (Å²) in [6, 6.07) is 12.3. The first-order chi connectivity index (χ1) is 12.5. The third kappa shape index (κ3) is 4.65. The van der Waals surface area contributed by atoms with E-state index >= 15 is 0 Å². The number of benzene rings is 2. The van der Waals surface area contributed by atoms with Gasteiger partial charge < -0.3 is 10.6 Å². The molecule has 1 aliphatic carbocycles. The molecule has 2 amide bonds. The van der Waals surface area contributed by atoms with Crippen LogP contribution in [0, 0.1) is 0 Å². The van der Waals surface area contributed by atoms with E-state index in [0.29, 0.717) is 26.3 Å². The first-order valence-corrected chi connectivity index (χ1v) is 9.88. The minimum Gasteiger partial charge on any atom is -0.349 e. The summed E-state index contributed by atoms with van der Waals surface area (Å²) >= 11 is 9.58. The van der Waals surface area contributed by atoms with E-state index in [1.165, 1.54) is 6.42 Å². The monoisotopic (exact) mass is 434 g/mol. The van der Waals surface area contributed by atoms with Gasteiger partial charge in [0.1, 0.15) is 0 Å². The lowest BCUT2D eigenvalue weighted by molar-refractivity contribution is 0.0926. The van der Waals surface area contributed by atoms with Crippen molar-refractivity contribution in [1.29, 1.82) is 0 Å². The van der Waals surface area contributed by atoms with Crippen molar-refractivity contribution >= 4 is 45.0 Å². The van der Waals surface area contributed by atoms with Crippen LogP contribution in [0.15, 0.2) is 46.9 Å². The Bertz CT molecular complexity index is 819. The molecule has 1 aliphatic rings. The largest absolute Gasteiger partial charge is 0.349 e. The molecule has 4 nitrogen and oxygen atoms in total. The van der Waals surface area contributed by atoms with E-state index in [9.17, 15) is 9.59 Å². The Balaban J connectivity index is 1.73. The van der Waals surface area contributed by atoms with E-state index in [1.54, 1.807) is 36.4 Å². The van der Waals surface area contributed by atoms with Gasteiger partial charge in [-0.25, -0.2) is 0 Å². The zero-order chi connectivity index (χ0) is 18.5. The van der Waals surface area contributed by atoms with Crippen LogP contribution in [0.3, 0.4) is 0 Å². The van der Waals surface area contributed by atoms with Crippen molar-refractivity contribution in [2.45, 2.75) is 38.1 Å². The van der Waals surface area contributed by atoms with Gasteiger partial charge in [0.25, 0.3) is 11.8 Å². The molecule has 0 unspecified atom stereocenters. The molecule has 0 atom stereocenters. The number of anilines is 1. The van der Waals surface area contributed by atoms with Gasteiger partial charge >= 0.3 is 0 Å². The van der Waals surface area contributed by atoms with Crippen LogP contribution in [0.5, 0.6) is 0 Å². The average molecular weight is 436 g/mol. The molecule has 2 aromatic rings. The molecule has 0 heterocycles. The standard InChI is InChI=1S/C20H20BrClN2O2/c21-17-9-5-4-8-15(17)19(25)24-14-10-11-18(22)16(12-14)20(26)23-13-6-2-1-3-7-13/h4-5,8-13H,1-3,6-7H2,(H,23,26)(H,24,25). The highest BCUT2D eigenvalue weighted by molar-refractivity contribution is 9.10. The van der Waals surface area contributed by atoms with Gasteiger partial charge in [-0.1, -0.05) is 43.0 Å². The molecular formula is C20H20BrClN2O2. The number of hydrogen-bond acceptors (Lipinski definition) is 2. The van der Waals surface area contributed by atoms with Gasteiger partial charge in [0.2, 0.25) is 0 Å². The van der Waals surface area contributed by atoms with E-state index < -0.39 is 0 Å². The van der Waals surface area contributed by atoms with Gasteiger partial charge in [-0.15, -0.1) is 0 Å². The normalized spacial score (nSPS) is 14.7. The fraction of sp³-hybridized carbons (Fsp3) is 0.300. The first kappa shape index (κ1) is 18.9. The lowest BCUT2D eigenvalue weighted by Gasteiger charge is -2.23. The molecule has 3 rings (SSSR count). The minimum absolute atomic E-state index is 0.195. The molecule has 26 heavy (non-hydrogen) atoms. The third-order valence-corrected chi connectivity index (χ3v) is 5.55. The topological polar surface area (TPSA) is 58.2 Å². The van der Waals surface area contributed by atoms with Crippen LogP contribution in [0.25, 0.3) is 0 Å². The van der Waals surface area contributed by atoms with Crippen LogP contribution in [0.4, 0.5) is 5.69 Å². The van der Waals surface area contributed by atoms with Gasteiger partial charge in [-0.05, 0) is 59.1 Å². The summed E-state index contributed by atoms with van der Waals surface area (Å²) in [5, 5.41) is 6.24. The van der Waals surface area contributed by atoms with E-state index in [1.807, 2.05) is 6.07 Å². The van der Waals surface area contributed by atoms with Gasteiger partial charge in [0, 0.05) is 16.2 Å². The maximum atomic E-state index is 12.6.